The summed E-state index contributed by atoms with van der Waals surface area (Å²) in [4.78, 5) is 18.3. The predicted molar refractivity (Wildman–Crippen MR) is 107 cm³/mol. The van der Waals surface area contributed by atoms with Crippen LogP contribution in [0.2, 0.25) is 0 Å². The van der Waals surface area contributed by atoms with Crippen molar-refractivity contribution in [3.63, 3.8) is 0 Å². The predicted octanol–water partition coefficient (Wildman–Crippen LogP) is 2.62. The van der Waals surface area contributed by atoms with Crippen LogP contribution >= 0.6 is 24.0 Å². The van der Waals surface area contributed by atoms with E-state index in [-0.39, 0.29) is 35.9 Å². The number of hydrogen-bond donors (Lipinski definition) is 2. The molecule has 0 saturated carbocycles. The van der Waals surface area contributed by atoms with E-state index in [0.717, 1.165) is 24.6 Å². The van der Waals surface area contributed by atoms with Crippen LogP contribution in [0.3, 0.4) is 0 Å². The zero-order chi connectivity index (χ0) is 15.9. The molecule has 1 aromatic carbocycles. The molecule has 1 unspecified atom stereocenters. The van der Waals surface area contributed by atoms with Crippen LogP contribution in [0.15, 0.2) is 35.3 Å². The molecule has 128 valence electrons. The van der Waals surface area contributed by atoms with Crippen LogP contribution < -0.4 is 15.5 Å². The van der Waals surface area contributed by atoms with Crippen molar-refractivity contribution in [1.82, 2.24) is 10.6 Å². The molecule has 5 nitrogen and oxygen atoms in total. The highest BCUT2D eigenvalue weighted by Crippen LogP contribution is 2.20. The first-order chi connectivity index (χ1) is 10.6. The molecule has 1 saturated heterocycles. The summed E-state index contributed by atoms with van der Waals surface area (Å²) in [7, 11) is 1.76. The summed E-state index contributed by atoms with van der Waals surface area (Å²) in [6.45, 7) is 5.96. The van der Waals surface area contributed by atoms with E-state index >= 15 is 0 Å². The van der Waals surface area contributed by atoms with Crippen LogP contribution in [-0.4, -0.2) is 38.0 Å². The van der Waals surface area contributed by atoms with Crippen molar-refractivity contribution in [3.8, 4) is 0 Å². The number of para-hydroxylation sites is 1. The molecule has 1 aliphatic rings. The van der Waals surface area contributed by atoms with Crippen LogP contribution in [0.25, 0.3) is 0 Å². The van der Waals surface area contributed by atoms with Crippen LogP contribution in [0.1, 0.15) is 26.7 Å². The number of benzene rings is 1. The molecule has 1 atom stereocenters. The third-order valence-electron chi connectivity index (χ3n) is 3.77. The molecule has 0 aromatic heterocycles. The Morgan fingerprint density at radius 1 is 1.35 bits per heavy atom. The highest BCUT2D eigenvalue weighted by Gasteiger charge is 2.30. The van der Waals surface area contributed by atoms with Crippen molar-refractivity contribution in [2.45, 2.75) is 32.7 Å². The largest absolute Gasteiger partial charge is 0.356 e. The Bertz CT molecular complexity index is 519. The average molecular weight is 430 g/mol. The van der Waals surface area contributed by atoms with Gasteiger partial charge in [-0.1, -0.05) is 32.0 Å². The monoisotopic (exact) mass is 430 g/mol. The maximum Gasteiger partial charge on any atom is 0.229 e. The maximum absolute atomic E-state index is 12.2. The van der Waals surface area contributed by atoms with Gasteiger partial charge < -0.3 is 15.5 Å². The Morgan fingerprint density at radius 2 is 2.04 bits per heavy atom. The van der Waals surface area contributed by atoms with Crippen LogP contribution in [0.5, 0.6) is 0 Å². The SMILES string of the molecule is CN=C(NCCC(C)C)NC1CC(=O)N(c2ccccc2)C1.I. The van der Waals surface area contributed by atoms with Crippen molar-refractivity contribution in [2.24, 2.45) is 10.9 Å². The van der Waals surface area contributed by atoms with Gasteiger partial charge in [0, 0.05) is 32.2 Å². The van der Waals surface area contributed by atoms with E-state index in [1.165, 1.54) is 0 Å². The first-order valence-electron chi connectivity index (χ1n) is 7.92. The number of carbonyl (C=O) groups is 1. The fraction of sp³-hybridized carbons (Fsp3) is 0.529. The van der Waals surface area contributed by atoms with Gasteiger partial charge in [-0.15, -0.1) is 24.0 Å². The van der Waals surface area contributed by atoms with Crippen molar-refractivity contribution >= 4 is 41.5 Å². The van der Waals surface area contributed by atoms with E-state index in [1.807, 2.05) is 35.2 Å². The minimum absolute atomic E-state index is 0. The smallest absolute Gasteiger partial charge is 0.229 e. The number of carbonyl (C=O) groups excluding carboxylic acids is 1. The molecule has 23 heavy (non-hydrogen) atoms. The molecule has 1 aliphatic heterocycles. The van der Waals surface area contributed by atoms with Crippen molar-refractivity contribution < 1.29 is 4.79 Å². The number of amides is 1. The lowest BCUT2D eigenvalue weighted by Crippen LogP contribution is -2.45. The maximum atomic E-state index is 12.2. The summed E-state index contributed by atoms with van der Waals surface area (Å²) < 4.78 is 0. The Kier molecular flexibility index (Phi) is 8.36. The lowest BCUT2D eigenvalue weighted by Gasteiger charge is -2.19. The van der Waals surface area contributed by atoms with Gasteiger partial charge >= 0.3 is 0 Å². The quantitative estimate of drug-likeness (QED) is 0.429. The first kappa shape index (κ1) is 19.7. The number of guanidine groups is 1. The highest BCUT2D eigenvalue weighted by molar-refractivity contribution is 14.0. The fourth-order valence-corrected chi connectivity index (χ4v) is 2.53. The summed E-state index contributed by atoms with van der Waals surface area (Å²) in [5, 5.41) is 6.65. The molecular weight excluding hydrogens is 403 g/mol. The lowest BCUT2D eigenvalue weighted by molar-refractivity contribution is -0.117. The molecule has 1 aromatic rings. The minimum Gasteiger partial charge on any atom is -0.356 e. The van der Waals surface area contributed by atoms with E-state index in [4.69, 9.17) is 0 Å². The van der Waals surface area contributed by atoms with Gasteiger partial charge in [0.25, 0.3) is 0 Å². The minimum atomic E-state index is 0. The second-order valence-electron chi connectivity index (χ2n) is 6.07. The molecule has 2 rings (SSSR count). The van der Waals surface area contributed by atoms with Gasteiger partial charge in [-0.2, -0.15) is 0 Å². The summed E-state index contributed by atoms with van der Waals surface area (Å²) >= 11 is 0. The fourth-order valence-electron chi connectivity index (χ4n) is 2.53. The third-order valence-corrected chi connectivity index (χ3v) is 3.77. The zero-order valence-electron chi connectivity index (χ0n) is 14.1. The van der Waals surface area contributed by atoms with E-state index in [9.17, 15) is 4.79 Å². The standard InChI is InChI=1S/C17H26N4O.HI/c1-13(2)9-10-19-17(18-3)20-14-11-16(22)21(12-14)15-7-5-4-6-8-15;/h4-8,13-14H,9-12H2,1-3H3,(H2,18,19,20);1H. The molecule has 0 radical (unpaired) electrons. The number of aliphatic imine (C=N–C) groups is 1. The zero-order valence-corrected chi connectivity index (χ0v) is 16.4. The topological polar surface area (TPSA) is 56.7 Å². The average Bonchev–Trinajstić information content (AvgIpc) is 2.87. The summed E-state index contributed by atoms with van der Waals surface area (Å²) in [5.41, 5.74) is 0.958. The summed E-state index contributed by atoms with van der Waals surface area (Å²) in [5.74, 6) is 1.59. The van der Waals surface area contributed by atoms with Crippen molar-refractivity contribution in [2.75, 3.05) is 25.0 Å². The summed E-state index contributed by atoms with van der Waals surface area (Å²) in [6.07, 6.45) is 1.60. The van der Waals surface area contributed by atoms with Gasteiger partial charge in [0.05, 0.1) is 6.04 Å². The van der Waals surface area contributed by atoms with Gasteiger partial charge in [-0.3, -0.25) is 9.79 Å². The molecule has 0 spiro atoms. The van der Waals surface area contributed by atoms with Crippen LogP contribution in [0, 0.1) is 5.92 Å². The second-order valence-corrected chi connectivity index (χ2v) is 6.07. The number of halogens is 1. The third kappa shape index (κ3) is 6.01. The normalized spacial score (nSPS) is 18.1. The van der Waals surface area contributed by atoms with Crippen LogP contribution in [0.4, 0.5) is 5.69 Å². The second kappa shape index (κ2) is 9.75. The van der Waals surface area contributed by atoms with Gasteiger partial charge in [-0.25, -0.2) is 0 Å². The molecule has 0 aliphatic carbocycles. The van der Waals surface area contributed by atoms with E-state index in [1.54, 1.807) is 7.05 Å². The molecule has 0 bridgehead atoms. The molecule has 1 amide bonds. The van der Waals surface area contributed by atoms with E-state index in [2.05, 4.69) is 29.5 Å². The highest BCUT2D eigenvalue weighted by atomic mass is 127. The van der Waals surface area contributed by atoms with Gasteiger partial charge in [0.15, 0.2) is 5.96 Å². The van der Waals surface area contributed by atoms with Gasteiger partial charge in [0.1, 0.15) is 0 Å². The first-order valence-corrected chi connectivity index (χ1v) is 7.92. The molecule has 1 heterocycles. The molecule has 1 fully saturated rings. The number of nitrogens with zero attached hydrogens (tertiary/aromatic N) is 2. The number of rotatable bonds is 5. The Labute approximate surface area is 156 Å². The van der Waals surface area contributed by atoms with Crippen molar-refractivity contribution in [1.29, 1.82) is 0 Å². The van der Waals surface area contributed by atoms with Gasteiger partial charge in [-0.05, 0) is 24.5 Å². The Morgan fingerprint density at radius 3 is 2.65 bits per heavy atom. The lowest BCUT2D eigenvalue weighted by atomic mass is 10.1. The molecule has 2 N–H and O–H groups in total. The summed E-state index contributed by atoms with van der Waals surface area (Å²) in [6, 6.07) is 9.90. The molecule has 6 heteroatoms. The molecular formula is C17H27IN4O. The van der Waals surface area contributed by atoms with E-state index in [0.29, 0.717) is 18.9 Å². The number of hydrogen-bond acceptors (Lipinski definition) is 2. The Balaban J connectivity index is 0.00000264. The number of anilines is 1. The van der Waals surface area contributed by atoms with Crippen LogP contribution in [-0.2, 0) is 4.79 Å². The van der Waals surface area contributed by atoms with Crippen molar-refractivity contribution in [3.05, 3.63) is 30.3 Å². The number of nitrogens with one attached hydrogen (secondary N) is 2. The Hall–Kier alpha value is -1.31. The van der Waals surface area contributed by atoms with Gasteiger partial charge in [0.2, 0.25) is 5.91 Å². The van der Waals surface area contributed by atoms with E-state index < -0.39 is 0 Å².